The highest BCUT2D eigenvalue weighted by molar-refractivity contribution is 5.76. The van der Waals surface area contributed by atoms with Crippen molar-refractivity contribution < 1.29 is 14.0 Å². The molecule has 0 radical (unpaired) electrons. The fourth-order valence-electron chi connectivity index (χ4n) is 4.42. The third-order valence-corrected chi connectivity index (χ3v) is 6.12. The van der Waals surface area contributed by atoms with Crippen LogP contribution in [-0.4, -0.2) is 36.0 Å². The van der Waals surface area contributed by atoms with Crippen LogP contribution in [0.5, 0.6) is 0 Å². The number of hydrogen-bond acceptors (Lipinski definition) is 3. The fraction of sp³-hybridized carbons (Fsp3) is 0.714. The second-order valence-corrected chi connectivity index (χ2v) is 8.01. The Kier molecular flexibility index (Phi) is 7.18. The van der Waals surface area contributed by atoms with Crippen molar-refractivity contribution in [3.05, 3.63) is 24.2 Å². The molecule has 1 saturated heterocycles. The van der Waals surface area contributed by atoms with Crippen molar-refractivity contribution in [2.45, 2.75) is 70.9 Å². The lowest BCUT2D eigenvalue weighted by molar-refractivity contribution is -0.123. The molecule has 3 amide bonds. The maximum absolute atomic E-state index is 12.6. The number of nitrogens with zero attached hydrogens (tertiary/aromatic N) is 1. The van der Waals surface area contributed by atoms with E-state index in [0.717, 1.165) is 44.5 Å². The number of urea groups is 1. The first-order valence-electron chi connectivity index (χ1n) is 10.5. The van der Waals surface area contributed by atoms with Gasteiger partial charge in [0.05, 0.1) is 12.8 Å². The Balaban J connectivity index is 1.44. The molecule has 6 heteroatoms. The van der Waals surface area contributed by atoms with E-state index in [0.29, 0.717) is 30.8 Å². The number of carbonyl (C=O) groups is 2. The summed E-state index contributed by atoms with van der Waals surface area (Å²) < 4.78 is 5.25. The summed E-state index contributed by atoms with van der Waals surface area (Å²) in [5.74, 6) is 1.55. The summed E-state index contributed by atoms with van der Waals surface area (Å²) >= 11 is 0. The third kappa shape index (κ3) is 5.75. The summed E-state index contributed by atoms with van der Waals surface area (Å²) in [5.41, 5.74) is 0. The third-order valence-electron chi connectivity index (χ3n) is 6.12. The highest BCUT2D eigenvalue weighted by Crippen LogP contribution is 2.29. The van der Waals surface area contributed by atoms with Gasteiger partial charge in [0.2, 0.25) is 5.91 Å². The van der Waals surface area contributed by atoms with Crippen LogP contribution in [0.4, 0.5) is 4.79 Å². The van der Waals surface area contributed by atoms with Crippen LogP contribution < -0.4 is 10.6 Å². The smallest absolute Gasteiger partial charge is 0.317 e. The van der Waals surface area contributed by atoms with Crippen molar-refractivity contribution >= 4 is 11.9 Å². The Bertz CT molecular complexity index is 596. The van der Waals surface area contributed by atoms with E-state index in [1.165, 1.54) is 19.3 Å². The van der Waals surface area contributed by atoms with E-state index in [2.05, 4.69) is 17.6 Å². The van der Waals surface area contributed by atoms with Crippen molar-refractivity contribution in [3.63, 3.8) is 0 Å². The van der Waals surface area contributed by atoms with Crippen LogP contribution in [0.3, 0.4) is 0 Å². The SMILES string of the molecule is CC[C@H]1CN(C(=O)NC2CCCCC2)CC[C@H]1CC(=O)NCc1ccco1. The van der Waals surface area contributed by atoms with Gasteiger partial charge < -0.3 is 20.0 Å². The number of furan rings is 1. The van der Waals surface area contributed by atoms with Crippen LogP contribution in [0.15, 0.2) is 22.8 Å². The number of rotatable bonds is 6. The first-order valence-corrected chi connectivity index (χ1v) is 10.5. The van der Waals surface area contributed by atoms with Gasteiger partial charge in [-0.2, -0.15) is 0 Å². The van der Waals surface area contributed by atoms with Gasteiger partial charge in [0.25, 0.3) is 0 Å². The Labute approximate surface area is 162 Å². The minimum atomic E-state index is 0.0648. The second kappa shape index (κ2) is 9.81. The van der Waals surface area contributed by atoms with Gasteiger partial charge in [-0.25, -0.2) is 4.79 Å². The van der Waals surface area contributed by atoms with Crippen LogP contribution in [0.1, 0.15) is 64.1 Å². The number of carbonyl (C=O) groups excluding carboxylic acids is 2. The molecule has 0 spiro atoms. The molecule has 1 aromatic heterocycles. The molecule has 2 atom stereocenters. The molecule has 1 saturated carbocycles. The zero-order valence-electron chi connectivity index (χ0n) is 16.4. The fourth-order valence-corrected chi connectivity index (χ4v) is 4.42. The lowest BCUT2D eigenvalue weighted by Crippen LogP contribution is -2.51. The van der Waals surface area contributed by atoms with Crippen LogP contribution in [-0.2, 0) is 11.3 Å². The lowest BCUT2D eigenvalue weighted by atomic mass is 9.81. The second-order valence-electron chi connectivity index (χ2n) is 8.01. The van der Waals surface area contributed by atoms with Crippen molar-refractivity contribution in [3.8, 4) is 0 Å². The summed E-state index contributed by atoms with van der Waals surface area (Å²) in [6, 6.07) is 4.11. The van der Waals surface area contributed by atoms with Crippen molar-refractivity contribution in [2.24, 2.45) is 11.8 Å². The minimum Gasteiger partial charge on any atom is -0.467 e. The molecule has 1 aromatic rings. The Hall–Kier alpha value is -1.98. The van der Waals surface area contributed by atoms with Gasteiger partial charge in [-0.3, -0.25) is 4.79 Å². The molecule has 2 fully saturated rings. The molecule has 3 rings (SSSR count). The maximum atomic E-state index is 12.6. The zero-order chi connectivity index (χ0) is 19.1. The van der Waals surface area contributed by atoms with Gasteiger partial charge >= 0.3 is 6.03 Å². The number of amides is 3. The van der Waals surface area contributed by atoms with Gasteiger partial charge in [0, 0.05) is 25.6 Å². The average molecular weight is 376 g/mol. The van der Waals surface area contributed by atoms with E-state index in [1.807, 2.05) is 17.0 Å². The van der Waals surface area contributed by atoms with Crippen molar-refractivity contribution in [1.82, 2.24) is 15.5 Å². The summed E-state index contributed by atoms with van der Waals surface area (Å²) in [6.07, 6.45) is 9.96. The molecule has 2 N–H and O–H groups in total. The molecule has 0 aromatic carbocycles. The first-order chi connectivity index (χ1) is 13.2. The topological polar surface area (TPSA) is 74.6 Å². The molecule has 0 bridgehead atoms. The average Bonchev–Trinajstić information content (AvgIpc) is 3.21. The molecule has 150 valence electrons. The monoisotopic (exact) mass is 375 g/mol. The molecule has 27 heavy (non-hydrogen) atoms. The van der Waals surface area contributed by atoms with E-state index < -0.39 is 0 Å². The van der Waals surface area contributed by atoms with Crippen LogP contribution in [0, 0.1) is 11.8 Å². The van der Waals surface area contributed by atoms with Gasteiger partial charge in [-0.15, -0.1) is 0 Å². The Morgan fingerprint density at radius 2 is 2.00 bits per heavy atom. The molecule has 6 nitrogen and oxygen atoms in total. The summed E-state index contributed by atoms with van der Waals surface area (Å²) in [7, 11) is 0. The number of nitrogens with one attached hydrogen (secondary N) is 2. The highest BCUT2D eigenvalue weighted by Gasteiger charge is 2.32. The number of hydrogen-bond donors (Lipinski definition) is 2. The predicted octanol–water partition coefficient (Wildman–Crippen LogP) is 3.68. The molecule has 1 aliphatic heterocycles. The van der Waals surface area contributed by atoms with E-state index in [-0.39, 0.29) is 11.9 Å². The molecular formula is C21H33N3O3. The van der Waals surface area contributed by atoms with Crippen molar-refractivity contribution in [2.75, 3.05) is 13.1 Å². The van der Waals surface area contributed by atoms with Crippen LogP contribution in [0.2, 0.25) is 0 Å². The molecule has 2 aliphatic rings. The van der Waals surface area contributed by atoms with Crippen LogP contribution >= 0.6 is 0 Å². The largest absolute Gasteiger partial charge is 0.467 e. The number of likely N-dealkylation sites (tertiary alicyclic amines) is 1. The van der Waals surface area contributed by atoms with E-state index in [1.54, 1.807) is 6.26 Å². The first kappa shape index (κ1) is 19.8. The van der Waals surface area contributed by atoms with Crippen LogP contribution in [0.25, 0.3) is 0 Å². The normalized spacial score (nSPS) is 23.8. The van der Waals surface area contributed by atoms with Gasteiger partial charge in [0.1, 0.15) is 5.76 Å². The molecular weight excluding hydrogens is 342 g/mol. The van der Waals surface area contributed by atoms with E-state index in [4.69, 9.17) is 4.42 Å². The summed E-state index contributed by atoms with van der Waals surface area (Å²) in [6.45, 7) is 4.09. The standard InChI is InChI=1S/C21H33N3O3/c1-2-16-15-24(21(26)23-18-7-4-3-5-8-18)11-10-17(16)13-20(25)22-14-19-9-6-12-27-19/h6,9,12,16-18H,2-5,7-8,10-11,13-15H2,1H3,(H,22,25)(H,23,26)/t16-,17-/m0/s1. The minimum absolute atomic E-state index is 0.0648. The maximum Gasteiger partial charge on any atom is 0.317 e. The highest BCUT2D eigenvalue weighted by atomic mass is 16.3. The molecule has 0 unspecified atom stereocenters. The number of piperidine rings is 1. The molecule has 1 aliphatic carbocycles. The van der Waals surface area contributed by atoms with Gasteiger partial charge in [0.15, 0.2) is 0 Å². The van der Waals surface area contributed by atoms with Crippen molar-refractivity contribution in [1.29, 1.82) is 0 Å². The Morgan fingerprint density at radius 3 is 2.70 bits per heavy atom. The van der Waals surface area contributed by atoms with Gasteiger partial charge in [-0.05, 0) is 43.2 Å². The van der Waals surface area contributed by atoms with Gasteiger partial charge in [-0.1, -0.05) is 32.6 Å². The lowest BCUT2D eigenvalue weighted by Gasteiger charge is -2.39. The molecule has 2 heterocycles. The predicted molar refractivity (Wildman–Crippen MR) is 104 cm³/mol. The Morgan fingerprint density at radius 1 is 1.19 bits per heavy atom. The van der Waals surface area contributed by atoms with E-state index in [9.17, 15) is 9.59 Å². The zero-order valence-corrected chi connectivity index (χ0v) is 16.4. The van der Waals surface area contributed by atoms with E-state index >= 15 is 0 Å². The summed E-state index contributed by atoms with van der Waals surface area (Å²) in [4.78, 5) is 26.9. The summed E-state index contributed by atoms with van der Waals surface area (Å²) in [5, 5.41) is 6.16. The quantitative estimate of drug-likeness (QED) is 0.796.